The zero-order chi connectivity index (χ0) is 19.4. The largest absolute Gasteiger partial charge is 0.593 e. The molecule has 138 valence electrons. The highest BCUT2D eigenvalue weighted by molar-refractivity contribution is 7.92. The Morgan fingerprint density at radius 1 is 1.22 bits per heavy atom. The third-order valence-electron chi connectivity index (χ3n) is 4.08. The molecule has 1 unspecified atom stereocenters. The van der Waals surface area contributed by atoms with Gasteiger partial charge in [0.05, 0.1) is 35.7 Å². The molecule has 0 bridgehead atoms. The lowest BCUT2D eigenvalue weighted by Gasteiger charge is -2.19. The van der Waals surface area contributed by atoms with E-state index in [4.69, 9.17) is 16.9 Å². The maximum Gasteiger partial charge on any atom is 0.245 e. The van der Waals surface area contributed by atoms with E-state index in [2.05, 4.69) is 16.0 Å². The van der Waals surface area contributed by atoms with E-state index in [1.165, 1.54) is 0 Å². The van der Waals surface area contributed by atoms with E-state index in [-0.39, 0.29) is 0 Å². The normalized spacial score (nSPS) is 11.8. The highest BCUT2D eigenvalue weighted by Crippen LogP contribution is 2.20. The summed E-state index contributed by atoms with van der Waals surface area (Å²) in [4.78, 5) is 7.61. The molecule has 7 heteroatoms. The van der Waals surface area contributed by atoms with Gasteiger partial charge in [0.2, 0.25) is 5.95 Å². The molecule has 2 aromatic carbocycles. The first-order valence-electron chi connectivity index (χ1n) is 8.36. The Kier molecular flexibility index (Phi) is 6.07. The molecule has 27 heavy (non-hydrogen) atoms. The summed E-state index contributed by atoms with van der Waals surface area (Å²) in [6.45, 7) is 1.96. The quantitative estimate of drug-likeness (QED) is 0.633. The number of imidazole rings is 1. The van der Waals surface area contributed by atoms with Crippen LogP contribution in [0.2, 0.25) is 5.02 Å². The fraction of sp³-hybridized carbons (Fsp3) is 0.200. The van der Waals surface area contributed by atoms with Gasteiger partial charge in [-0.25, -0.2) is 4.98 Å². The predicted octanol–water partition coefficient (Wildman–Crippen LogP) is 4.13. The minimum atomic E-state index is -1.28. The minimum absolute atomic E-state index is 0.365. The van der Waals surface area contributed by atoms with Gasteiger partial charge in [0, 0.05) is 23.2 Å². The number of rotatable bonds is 6. The summed E-state index contributed by atoms with van der Waals surface area (Å²) in [7, 11) is 1.75. The zero-order valence-electron chi connectivity index (χ0n) is 15.1. The third kappa shape index (κ3) is 5.04. The number of halogens is 1. The number of aromatic amines is 1. The monoisotopic (exact) mass is 398 g/mol. The van der Waals surface area contributed by atoms with Crippen LogP contribution in [0.4, 0.5) is 5.95 Å². The standard InChI is InChI=1S/C20H19ClN4OS/c1-14-7-17(9-18(21)8-14)13-27(26)25(2)20-23-12-19(24-20)10-15-3-5-16(11-22)6-4-15/h3-9,12H,10,13H2,1-2H3,(H,23,24). The van der Waals surface area contributed by atoms with E-state index < -0.39 is 11.4 Å². The molecule has 5 nitrogen and oxygen atoms in total. The third-order valence-corrected chi connectivity index (χ3v) is 5.66. The summed E-state index contributed by atoms with van der Waals surface area (Å²) >= 11 is 4.80. The fourth-order valence-electron chi connectivity index (χ4n) is 2.74. The molecule has 0 saturated carbocycles. The van der Waals surface area contributed by atoms with Crippen LogP contribution in [0.15, 0.2) is 48.7 Å². The molecule has 0 spiro atoms. The van der Waals surface area contributed by atoms with E-state index >= 15 is 0 Å². The molecule has 0 amide bonds. The highest BCUT2D eigenvalue weighted by atomic mass is 35.5. The smallest absolute Gasteiger partial charge is 0.245 e. The van der Waals surface area contributed by atoms with Crippen LogP contribution >= 0.6 is 11.6 Å². The lowest BCUT2D eigenvalue weighted by Crippen LogP contribution is -2.28. The maximum absolute atomic E-state index is 12.7. The highest BCUT2D eigenvalue weighted by Gasteiger charge is 2.20. The van der Waals surface area contributed by atoms with Crippen molar-refractivity contribution in [2.24, 2.45) is 0 Å². The van der Waals surface area contributed by atoms with Crippen molar-refractivity contribution in [2.75, 3.05) is 11.4 Å². The molecule has 0 aliphatic carbocycles. The molecule has 0 aliphatic heterocycles. The molecular formula is C20H19ClN4OS. The van der Waals surface area contributed by atoms with Gasteiger partial charge in [-0.3, -0.25) is 0 Å². The number of H-pyrrole nitrogens is 1. The number of nitrogens with zero attached hydrogens (tertiary/aromatic N) is 3. The van der Waals surface area contributed by atoms with Gasteiger partial charge in [0.15, 0.2) is 5.75 Å². The molecule has 0 fully saturated rings. The molecule has 1 aromatic heterocycles. The fourth-order valence-corrected chi connectivity index (χ4v) is 3.98. The van der Waals surface area contributed by atoms with Crippen molar-refractivity contribution in [1.29, 1.82) is 5.26 Å². The molecule has 1 atom stereocenters. The zero-order valence-corrected chi connectivity index (χ0v) is 16.6. The van der Waals surface area contributed by atoms with Gasteiger partial charge >= 0.3 is 0 Å². The average Bonchev–Trinajstić information content (AvgIpc) is 3.09. The van der Waals surface area contributed by atoms with Gasteiger partial charge in [-0.15, -0.1) is 0 Å². The van der Waals surface area contributed by atoms with Crippen molar-refractivity contribution in [1.82, 2.24) is 9.97 Å². The van der Waals surface area contributed by atoms with Crippen LogP contribution in [0.25, 0.3) is 0 Å². The molecule has 3 aromatic rings. The first kappa shape index (κ1) is 19.3. The van der Waals surface area contributed by atoms with Crippen LogP contribution in [0.3, 0.4) is 0 Å². The van der Waals surface area contributed by atoms with Crippen molar-refractivity contribution in [3.8, 4) is 6.07 Å². The molecular weight excluding hydrogens is 380 g/mol. The number of hydrogen-bond acceptors (Lipinski definition) is 4. The van der Waals surface area contributed by atoms with Gasteiger partial charge < -0.3 is 9.54 Å². The molecule has 3 rings (SSSR count). The Bertz CT molecular complexity index is 945. The Labute approximate surface area is 166 Å². The lowest BCUT2D eigenvalue weighted by molar-refractivity contribution is 0.591. The van der Waals surface area contributed by atoms with E-state index in [1.54, 1.807) is 23.5 Å². The maximum atomic E-state index is 12.7. The summed E-state index contributed by atoms with van der Waals surface area (Å²) < 4.78 is 14.3. The summed E-state index contributed by atoms with van der Waals surface area (Å²) in [6.07, 6.45) is 2.45. The number of anilines is 1. The van der Waals surface area contributed by atoms with Crippen molar-refractivity contribution in [3.05, 3.63) is 81.6 Å². The van der Waals surface area contributed by atoms with Gasteiger partial charge in [0.25, 0.3) is 0 Å². The van der Waals surface area contributed by atoms with Gasteiger partial charge in [-0.1, -0.05) is 29.8 Å². The van der Waals surface area contributed by atoms with Crippen molar-refractivity contribution < 1.29 is 4.55 Å². The number of aromatic nitrogens is 2. The van der Waals surface area contributed by atoms with Crippen LogP contribution in [-0.2, 0) is 23.5 Å². The molecule has 1 heterocycles. The number of hydrogen-bond donors (Lipinski definition) is 1. The number of benzene rings is 2. The van der Waals surface area contributed by atoms with Gasteiger partial charge in [-0.05, 0) is 42.3 Å². The minimum Gasteiger partial charge on any atom is -0.593 e. The predicted molar refractivity (Wildman–Crippen MR) is 109 cm³/mol. The van der Waals surface area contributed by atoms with E-state index in [1.807, 2.05) is 43.5 Å². The van der Waals surface area contributed by atoms with Gasteiger partial charge in [-0.2, -0.15) is 9.57 Å². The second-order valence-electron chi connectivity index (χ2n) is 6.30. The second-order valence-corrected chi connectivity index (χ2v) is 8.22. The van der Waals surface area contributed by atoms with Crippen molar-refractivity contribution >= 4 is 28.9 Å². The van der Waals surface area contributed by atoms with Crippen LogP contribution in [0, 0.1) is 18.3 Å². The Hall–Kier alpha value is -2.46. The number of nitriles is 1. The molecule has 1 N–H and O–H groups in total. The molecule has 0 saturated heterocycles. The van der Waals surface area contributed by atoms with Gasteiger partial charge in [0.1, 0.15) is 0 Å². The summed E-state index contributed by atoms with van der Waals surface area (Å²) in [5, 5.41) is 9.51. The summed E-state index contributed by atoms with van der Waals surface area (Å²) in [5.74, 6) is 0.916. The Morgan fingerprint density at radius 3 is 2.63 bits per heavy atom. The topological polar surface area (TPSA) is 78.8 Å². The first-order chi connectivity index (χ1) is 12.9. The van der Waals surface area contributed by atoms with Crippen molar-refractivity contribution in [3.63, 3.8) is 0 Å². The number of nitrogens with one attached hydrogen (secondary N) is 1. The SMILES string of the molecule is Cc1cc(Cl)cc(C[S+]([O-])N(C)c2nc(Cc3ccc(C#N)cc3)c[nH]2)c1. The van der Waals surface area contributed by atoms with Crippen molar-refractivity contribution in [2.45, 2.75) is 19.1 Å². The number of aryl methyl sites for hydroxylation is 1. The molecule has 0 aliphatic rings. The second kappa shape index (κ2) is 8.49. The van der Waals surface area contributed by atoms with Crippen LogP contribution < -0.4 is 4.31 Å². The van der Waals surface area contributed by atoms with Crippen LogP contribution in [-0.4, -0.2) is 21.6 Å². The Balaban J connectivity index is 1.66. The summed E-state index contributed by atoms with van der Waals surface area (Å²) in [5.41, 5.74) is 4.50. The van der Waals surface area contributed by atoms with E-state index in [9.17, 15) is 4.55 Å². The Morgan fingerprint density at radius 2 is 1.96 bits per heavy atom. The lowest BCUT2D eigenvalue weighted by atomic mass is 10.1. The summed E-state index contributed by atoms with van der Waals surface area (Å²) in [6, 6.07) is 15.2. The average molecular weight is 399 g/mol. The van der Waals surface area contributed by atoms with E-state index in [0.717, 1.165) is 22.4 Å². The molecule has 0 radical (unpaired) electrons. The van der Waals surface area contributed by atoms with E-state index in [0.29, 0.717) is 28.7 Å². The first-order valence-corrected chi connectivity index (χ1v) is 10.0. The van der Waals surface area contributed by atoms with Crippen LogP contribution in [0.5, 0.6) is 0 Å². The van der Waals surface area contributed by atoms with Crippen LogP contribution in [0.1, 0.15) is 27.9 Å².